The normalized spacial score (nSPS) is 14.6. The van der Waals surface area contributed by atoms with Crippen LogP contribution in [0.1, 0.15) is 40.5 Å². The van der Waals surface area contributed by atoms with Crippen LogP contribution < -0.4 is 5.32 Å². The minimum absolute atomic E-state index is 0.329. The molecular formula is C17H34N2. The van der Waals surface area contributed by atoms with Crippen LogP contribution in [0.2, 0.25) is 0 Å². The van der Waals surface area contributed by atoms with Gasteiger partial charge in [-0.2, -0.15) is 0 Å². The Morgan fingerprint density at radius 1 is 1.21 bits per heavy atom. The molecule has 2 heteroatoms. The summed E-state index contributed by atoms with van der Waals surface area (Å²) >= 11 is 0. The van der Waals surface area contributed by atoms with Gasteiger partial charge < -0.3 is 5.32 Å². The summed E-state index contributed by atoms with van der Waals surface area (Å²) in [6.07, 6.45) is 6.45. The van der Waals surface area contributed by atoms with Gasteiger partial charge in [0.05, 0.1) is 0 Å². The predicted molar refractivity (Wildman–Crippen MR) is 87.6 cm³/mol. The molecule has 0 spiro atoms. The maximum atomic E-state index is 3.85. The van der Waals surface area contributed by atoms with Crippen LogP contribution in [-0.2, 0) is 0 Å². The van der Waals surface area contributed by atoms with Crippen LogP contribution in [0.4, 0.5) is 0 Å². The molecule has 0 aromatic heterocycles. The third-order valence-corrected chi connectivity index (χ3v) is 3.34. The molecule has 1 atom stereocenters. The summed E-state index contributed by atoms with van der Waals surface area (Å²) in [5.74, 6) is 0.711. The largest absolute Gasteiger partial charge is 0.316 e. The van der Waals surface area contributed by atoms with E-state index >= 15 is 0 Å². The number of hydrogen-bond donors (Lipinski definition) is 1. The van der Waals surface area contributed by atoms with Gasteiger partial charge in [0.1, 0.15) is 0 Å². The Morgan fingerprint density at radius 3 is 2.21 bits per heavy atom. The lowest BCUT2D eigenvalue weighted by Crippen LogP contribution is -2.43. The zero-order valence-electron chi connectivity index (χ0n) is 13.5. The first-order chi connectivity index (χ1) is 8.97. The Hall–Kier alpha value is -0.600. The van der Waals surface area contributed by atoms with Crippen molar-refractivity contribution in [3.8, 4) is 0 Å². The molecule has 0 aliphatic carbocycles. The monoisotopic (exact) mass is 266 g/mol. The van der Waals surface area contributed by atoms with E-state index in [1.54, 1.807) is 0 Å². The quantitative estimate of drug-likeness (QED) is 0.542. The molecule has 0 bridgehead atoms. The number of nitrogens with zero attached hydrogens (tertiary/aromatic N) is 1. The van der Waals surface area contributed by atoms with Crippen LogP contribution in [0.15, 0.2) is 25.3 Å². The molecule has 0 aromatic rings. The number of nitrogens with one attached hydrogen (secondary N) is 1. The van der Waals surface area contributed by atoms with E-state index in [2.05, 4.69) is 51.1 Å². The van der Waals surface area contributed by atoms with Crippen molar-refractivity contribution >= 4 is 0 Å². The highest BCUT2D eigenvalue weighted by molar-refractivity contribution is 4.86. The molecule has 0 rings (SSSR count). The second-order valence-corrected chi connectivity index (χ2v) is 6.36. The van der Waals surface area contributed by atoms with Gasteiger partial charge in [-0.1, -0.05) is 46.3 Å². The molecule has 0 amide bonds. The summed E-state index contributed by atoms with van der Waals surface area (Å²) in [5, 5.41) is 3.62. The van der Waals surface area contributed by atoms with Crippen molar-refractivity contribution in [3.05, 3.63) is 25.3 Å². The molecule has 0 fully saturated rings. The van der Waals surface area contributed by atoms with Gasteiger partial charge in [-0.3, -0.25) is 4.90 Å². The third kappa shape index (κ3) is 9.01. The van der Waals surface area contributed by atoms with E-state index in [9.17, 15) is 0 Å². The minimum Gasteiger partial charge on any atom is -0.316 e. The molecule has 19 heavy (non-hydrogen) atoms. The van der Waals surface area contributed by atoms with Crippen LogP contribution >= 0.6 is 0 Å². The molecule has 2 nitrogen and oxygen atoms in total. The van der Waals surface area contributed by atoms with Gasteiger partial charge in [0.15, 0.2) is 0 Å². The molecule has 0 aliphatic rings. The van der Waals surface area contributed by atoms with Crippen molar-refractivity contribution in [3.63, 3.8) is 0 Å². The Bertz CT molecular complexity index is 238. The summed E-state index contributed by atoms with van der Waals surface area (Å²) in [5.41, 5.74) is 0.329. The number of rotatable bonds is 12. The Kier molecular flexibility index (Phi) is 9.90. The van der Waals surface area contributed by atoms with Gasteiger partial charge in [0.2, 0.25) is 0 Å². The highest BCUT2D eigenvalue weighted by atomic mass is 15.1. The highest BCUT2D eigenvalue weighted by Crippen LogP contribution is 2.24. The van der Waals surface area contributed by atoms with E-state index in [0.717, 1.165) is 32.7 Å². The van der Waals surface area contributed by atoms with Gasteiger partial charge in [-0.05, 0) is 24.3 Å². The number of hydrogen-bond acceptors (Lipinski definition) is 2. The molecule has 112 valence electrons. The summed E-state index contributed by atoms with van der Waals surface area (Å²) in [6.45, 7) is 22.0. The third-order valence-electron chi connectivity index (χ3n) is 3.34. The van der Waals surface area contributed by atoms with E-state index in [4.69, 9.17) is 0 Å². The molecule has 0 saturated heterocycles. The first-order valence-electron chi connectivity index (χ1n) is 7.62. The fourth-order valence-corrected chi connectivity index (χ4v) is 2.60. The Morgan fingerprint density at radius 2 is 1.79 bits per heavy atom. The van der Waals surface area contributed by atoms with Gasteiger partial charge in [0.25, 0.3) is 0 Å². The summed E-state index contributed by atoms with van der Waals surface area (Å²) in [6, 6.07) is 0. The van der Waals surface area contributed by atoms with Crippen molar-refractivity contribution in [2.24, 2.45) is 11.3 Å². The first-order valence-corrected chi connectivity index (χ1v) is 7.62. The van der Waals surface area contributed by atoms with E-state index < -0.39 is 0 Å². The topological polar surface area (TPSA) is 15.3 Å². The van der Waals surface area contributed by atoms with Gasteiger partial charge in [-0.15, -0.1) is 13.2 Å². The molecule has 0 aromatic carbocycles. The smallest absolute Gasteiger partial charge is 0.0164 e. The zero-order chi connectivity index (χ0) is 14.7. The van der Waals surface area contributed by atoms with Crippen LogP contribution in [0.5, 0.6) is 0 Å². The highest BCUT2D eigenvalue weighted by Gasteiger charge is 2.25. The molecule has 1 unspecified atom stereocenters. The molecule has 0 heterocycles. The second-order valence-electron chi connectivity index (χ2n) is 6.36. The van der Waals surface area contributed by atoms with E-state index in [0.29, 0.717) is 11.3 Å². The van der Waals surface area contributed by atoms with Gasteiger partial charge in [0, 0.05) is 26.2 Å². The lowest BCUT2D eigenvalue weighted by Gasteiger charge is -2.35. The maximum absolute atomic E-state index is 3.85. The maximum Gasteiger partial charge on any atom is 0.0164 e. The molecule has 0 radical (unpaired) electrons. The average molecular weight is 266 g/mol. The van der Waals surface area contributed by atoms with Crippen molar-refractivity contribution in [1.29, 1.82) is 0 Å². The van der Waals surface area contributed by atoms with Crippen molar-refractivity contribution < 1.29 is 0 Å². The zero-order valence-corrected chi connectivity index (χ0v) is 13.5. The first kappa shape index (κ1) is 18.4. The lowest BCUT2D eigenvalue weighted by atomic mass is 9.84. The lowest BCUT2D eigenvalue weighted by molar-refractivity contribution is 0.170. The summed E-state index contributed by atoms with van der Waals surface area (Å²) in [4.78, 5) is 2.42. The minimum atomic E-state index is 0.329. The van der Waals surface area contributed by atoms with Crippen LogP contribution in [-0.4, -0.2) is 37.6 Å². The molecule has 0 aliphatic heterocycles. The van der Waals surface area contributed by atoms with E-state index in [1.165, 1.54) is 12.8 Å². The fraction of sp³-hybridized carbons (Fsp3) is 0.765. The van der Waals surface area contributed by atoms with Crippen LogP contribution in [0.3, 0.4) is 0 Å². The molecule has 0 saturated carbocycles. The van der Waals surface area contributed by atoms with Crippen molar-refractivity contribution in [2.75, 3.05) is 32.7 Å². The molecular weight excluding hydrogens is 232 g/mol. The molecule has 1 N–H and O–H groups in total. The van der Waals surface area contributed by atoms with E-state index in [-0.39, 0.29) is 0 Å². The standard InChI is InChI=1S/C17H34N2/c1-7-10-17(6,14-18-13-16(4)5)15-19(11-8-2)12-9-3/h8-9,16,18H,2-3,7,10-15H2,1,4-6H3. The van der Waals surface area contributed by atoms with Crippen molar-refractivity contribution in [2.45, 2.75) is 40.5 Å². The Labute approximate surface area is 121 Å². The SMILES string of the molecule is C=CCN(CC=C)CC(C)(CCC)CNCC(C)C. The van der Waals surface area contributed by atoms with Gasteiger partial charge >= 0.3 is 0 Å². The predicted octanol–water partition coefficient (Wildman–Crippen LogP) is 3.71. The Balaban J connectivity index is 4.46. The van der Waals surface area contributed by atoms with Gasteiger partial charge in [-0.25, -0.2) is 0 Å². The van der Waals surface area contributed by atoms with E-state index in [1.807, 2.05) is 12.2 Å². The summed E-state index contributed by atoms with van der Waals surface area (Å²) < 4.78 is 0. The average Bonchev–Trinajstić information content (AvgIpc) is 2.29. The van der Waals surface area contributed by atoms with Crippen molar-refractivity contribution in [1.82, 2.24) is 10.2 Å². The fourth-order valence-electron chi connectivity index (χ4n) is 2.60. The second kappa shape index (κ2) is 10.2. The summed E-state index contributed by atoms with van der Waals surface area (Å²) in [7, 11) is 0. The van der Waals surface area contributed by atoms with Crippen LogP contribution in [0.25, 0.3) is 0 Å². The van der Waals surface area contributed by atoms with Crippen LogP contribution in [0, 0.1) is 11.3 Å².